The van der Waals surface area contributed by atoms with Gasteiger partial charge in [0, 0.05) is 37.1 Å². The Hall–Kier alpha value is -2.16. The second-order valence-corrected chi connectivity index (χ2v) is 9.10. The Labute approximate surface area is 191 Å². The minimum atomic E-state index is -0.506. The van der Waals surface area contributed by atoms with Crippen molar-refractivity contribution in [3.05, 3.63) is 22.3 Å². The van der Waals surface area contributed by atoms with Crippen LogP contribution in [0.15, 0.2) is 16.7 Å². The van der Waals surface area contributed by atoms with Gasteiger partial charge in [0.05, 0.1) is 19.7 Å². The third kappa shape index (κ3) is 5.56. The Morgan fingerprint density at radius 2 is 1.87 bits per heavy atom. The molecule has 1 saturated heterocycles. The molecule has 0 bridgehead atoms. The molecule has 2 heterocycles. The van der Waals surface area contributed by atoms with E-state index in [0.29, 0.717) is 35.4 Å². The van der Waals surface area contributed by atoms with Crippen LogP contribution in [0.1, 0.15) is 62.7 Å². The second-order valence-electron chi connectivity index (χ2n) is 8.18. The number of nitrogens with zero attached hydrogens (tertiary/aromatic N) is 3. The van der Waals surface area contributed by atoms with Crippen LogP contribution in [0.25, 0.3) is 0 Å². The number of piperidine rings is 1. The summed E-state index contributed by atoms with van der Waals surface area (Å²) in [7, 11) is 1.33. The largest absolute Gasteiger partial charge is 0.465 e. The van der Waals surface area contributed by atoms with Crippen LogP contribution >= 0.6 is 15.9 Å². The smallest absolute Gasteiger partial charge is 0.341 e. The van der Waals surface area contributed by atoms with Crippen molar-refractivity contribution in [1.29, 1.82) is 0 Å². The number of aromatic nitrogens is 1. The zero-order valence-corrected chi connectivity index (χ0v) is 19.9. The van der Waals surface area contributed by atoms with E-state index < -0.39 is 12.1 Å². The second kappa shape index (κ2) is 10.4. The van der Waals surface area contributed by atoms with Gasteiger partial charge in [-0.25, -0.2) is 9.78 Å². The predicted molar refractivity (Wildman–Crippen MR) is 119 cm³/mol. The summed E-state index contributed by atoms with van der Waals surface area (Å²) >= 11 is 3.35. The van der Waals surface area contributed by atoms with Gasteiger partial charge in [0.15, 0.2) is 0 Å². The van der Waals surface area contributed by atoms with Crippen molar-refractivity contribution in [3.63, 3.8) is 0 Å². The quantitative estimate of drug-likeness (QED) is 0.578. The maximum atomic E-state index is 12.6. The third-order valence-electron chi connectivity index (χ3n) is 6.07. The number of esters is 2. The fraction of sp³-hybridized carbons (Fsp3) is 0.636. The van der Waals surface area contributed by atoms with Crippen LogP contribution in [0, 0.1) is 0 Å². The summed E-state index contributed by atoms with van der Waals surface area (Å²) in [5, 5.41) is 0. The van der Waals surface area contributed by atoms with Crippen LogP contribution < -0.4 is 4.90 Å². The maximum absolute atomic E-state index is 12.6. The Morgan fingerprint density at radius 1 is 1.16 bits per heavy atom. The molecule has 1 aromatic rings. The number of halogens is 1. The highest BCUT2D eigenvalue weighted by molar-refractivity contribution is 9.10. The fourth-order valence-electron chi connectivity index (χ4n) is 4.81. The van der Waals surface area contributed by atoms with E-state index in [-0.39, 0.29) is 24.0 Å². The Kier molecular flexibility index (Phi) is 7.91. The van der Waals surface area contributed by atoms with E-state index in [0.717, 1.165) is 25.7 Å². The molecule has 2 atom stereocenters. The first-order valence-corrected chi connectivity index (χ1v) is 11.6. The molecule has 0 radical (unpaired) electrons. The van der Waals surface area contributed by atoms with E-state index >= 15 is 0 Å². The van der Waals surface area contributed by atoms with Crippen LogP contribution in [0.4, 0.5) is 5.82 Å². The first-order valence-electron chi connectivity index (χ1n) is 10.8. The van der Waals surface area contributed by atoms with Gasteiger partial charge in [-0.3, -0.25) is 9.59 Å². The molecule has 2 unspecified atom stereocenters. The van der Waals surface area contributed by atoms with Gasteiger partial charge >= 0.3 is 11.9 Å². The lowest BCUT2D eigenvalue weighted by Crippen LogP contribution is -2.59. The number of carbonyl (C=O) groups is 3. The molecular formula is C22H30BrN3O5. The Balaban J connectivity index is 1.88. The van der Waals surface area contributed by atoms with Crippen LogP contribution in [0.3, 0.4) is 0 Å². The lowest BCUT2D eigenvalue weighted by molar-refractivity contribution is -0.156. The molecule has 2 aliphatic rings. The van der Waals surface area contributed by atoms with Crippen LogP contribution in [0.5, 0.6) is 0 Å². The molecular weight excluding hydrogens is 466 g/mol. The number of ether oxygens (including phenoxy) is 2. The molecule has 3 rings (SSSR count). The number of rotatable bonds is 5. The van der Waals surface area contributed by atoms with E-state index in [9.17, 15) is 14.4 Å². The van der Waals surface area contributed by atoms with Gasteiger partial charge in [-0.2, -0.15) is 0 Å². The summed E-state index contributed by atoms with van der Waals surface area (Å²) in [5.74, 6) is -0.374. The van der Waals surface area contributed by atoms with E-state index in [1.165, 1.54) is 20.5 Å². The summed E-state index contributed by atoms with van der Waals surface area (Å²) < 4.78 is 11.3. The number of anilines is 1. The predicted octanol–water partition coefficient (Wildman–Crippen LogP) is 3.32. The van der Waals surface area contributed by atoms with E-state index in [2.05, 4.69) is 20.9 Å². The van der Waals surface area contributed by atoms with E-state index in [1.807, 2.05) is 9.80 Å². The van der Waals surface area contributed by atoms with E-state index in [4.69, 9.17) is 9.47 Å². The molecule has 1 amide bonds. The molecule has 31 heavy (non-hydrogen) atoms. The van der Waals surface area contributed by atoms with Gasteiger partial charge in [-0.05, 0) is 41.3 Å². The highest BCUT2D eigenvalue weighted by atomic mass is 79.9. The van der Waals surface area contributed by atoms with Gasteiger partial charge in [0.1, 0.15) is 17.5 Å². The SMILES string of the molecule is COC(=O)c1cc(Br)cnc1N1CCC(N(C(C)=O)C2CCCCC2)C(OC(C)=O)C1. The van der Waals surface area contributed by atoms with Gasteiger partial charge < -0.3 is 19.3 Å². The zero-order chi connectivity index (χ0) is 22.5. The van der Waals surface area contributed by atoms with Gasteiger partial charge in [0.2, 0.25) is 5.91 Å². The summed E-state index contributed by atoms with van der Waals surface area (Å²) in [5.41, 5.74) is 0.340. The summed E-state index contributed by atoms with van der Waals surface area (Å²) in [6, 6.07) is 1.65. The minimum absolute atomic E-state index is 0.0134. The van der Waals surface area contributed by atoms with Crippen molar-refractivity contribution in [2.45, 2.75) is 70.6 Å². The zero-order valence-electron chi connectivity index (χ0n) is 18.3. The number of methoxy groups -OCH3 is 1. The molecule has 2 fully saturated rings. The van der Waals surface area contributed by atoms with Gasteiger partial charge in [0.25, 0.3) is 0 Å². The monoisotopic (exact) mass is 495 g/mol. The van der Waals surface area contributed by atoms with E-state index in [1.54, 1.807) is 19.2 Å². The molecule has 8 nitrogen and oxygen atoms in total. The number of hydrogen-bond acceptors (Lipinski definition) is 7. The summed E-state index contributed by atoms with van der Waals surface area (Å²) in [4.78, 5) is 45.2. The molecule has 9 heteroatoms. The number of carbonyl (C=O) groups excluding carboxylic acids is 3. The highest BCUT2D eigenvalue weighted by Crippen LogP contribution is 2.32. The average molecular weight is 496 g/mol. The normalized spacial score (nSPS) is 22.0. The number of hydrogen-bond donors (Lipinski definition) is 0. The number of pyridine rings is 1. The van der Waals surface area contributed by atoms with Gasteiger partial charge in [-0.1, -0.05) is 19.3 Å². The minimum Gasteiger partial charge on any atom is -0.465 e. The van der Waals surface area contributed by atoms with Crippen molar-refractivity contribution in [3.8, 4) is 0 Å². The summed E-state index contributed by atoms with van der Waals surface area (Å²) in [6.07, 6.45) is 7.10. The molecule has 0 spiro atoms. The summed E-state index contributed by atoms with van der Waals surface area (Å²) in [6.45, 7) is 3.90. The highest BCUT2D eigenvalue weighted by Gasteiger charge is 2.40. The molecule has 1 aliphatic heterocycles. The van der Waals surface area contributed by atoms with Crippen molar-refractivity contribution < 1.29 is 23.9 Å². The fourth-order valence-corrected chi connectivity index (χ4v) is 5.14. The maximum Gasteiger partial charge on any atom is 0.341 e. The van der Waals surface area contributed by atoms with Crippen LogP contribution in [-0.2, 0) is 19.1 Å². The Morgan fingerprint density at radius 3 is 2.48 bits per heavy atom. The molecule has 1 aromatic heterocycles. The van der Waals surface area contributed by atoms with Crippen LogP contribution in [0.2, 0.25) is 0 Å². The molecule has 1 saturated carbocycles. The molecule has 0 aromatic carbocycles. The van der Waals surface area contributed by atoms with Gasteiger partial charge in [-0.15, -0.1) is 0 Å². The average Bonchev–Trinajstić information content (AvgIpc) is 2.74. The third-order valence-corrected chi connectivity index (χ3v) is 6.50. The topological polar surface area (TPSA) is 89.0 Å². The molecule has 1 aliphatic carbocycles. The lowest BCUT2D eigenvalue weighted by atomic mass is 9.90. The Bertz CT molecular complexity index is 827. The first-order chi connectivity index (χ1) is 14.8. The van der Waals surface area contributed by atoms with Crippen molar-refractivity contribution in [2.75, 3.05) is 25.1 Å². The lowest BCUT2D eigenvalue weighted by Gasteiger charge is -2.47. The molecule has 170 valence electrons. The number of amides is 1. The van der Waals surface area contributed by atoms with Crippen molar-refractivity contribution >= 4 is 39.6 Å². The van der Waals surface area contributed by atoms with Crippen molar-refractivity contribution in [1.82, 2.24) is 9.88 Å². The molecule has 0 N–H and O–H groups in total. The van der Waals surface area contributed by atoms with Crippen molar-refractivity contribution in [2.24, 2.45) is 0 Å². The first kappa shape index (κ1) is 23.5. The van der Waals surface area contributed by atoms with Crippen LogP contribution in [-0.4, -0.2) is 66.1 Å². The standard InChI is InChI=1S/C22H30BrN3O5/c1-14(27)26(17-7-5-4-6-8-17)19-9-10-25(13-20(19)31-15(2)28)21-18(22(29)30-3)11-16(23)12-24-21/h11-12,17,19-20H,4-10,13H2,1-3H3.